The summed E-state index contributed by atoms with van der Waals surface area (Å²) >= 11 is 0. The van der Waals surface area contributed by atoms with Gasteiger partial charge in [0, 0.05) is 19.5 Å². The minimum atomic E-state index is -1.25. The number of hydrazine groups is 1. The van der Waals surface area contributed by atoms with Crippen LogP contribution in [0.5, 0.6) is 0 Å². The minimum Gasteiger partial charge on any atom is -0.481 e. The van der Waals surface area contributed by atoms with E-state index in [1.54, 1.807) is 24.3 Å². The van der Waals surface area contributed by atoms with E-state index in [1.165, 1.54) is 4.90 Å². The number of carboxylic acid groups (broad SMARTS) is 1. The number of hydrogen-bond acceptors (Lipinski definition) is 11. The molecule has 1 aliphatic rings. The first-order valence-corrected chi connectivity index (χ1v) is 15.8. The van der Waals surface area contributed by atoms with Crippen LogP contribution in [0.3, 0.4) is 0 Å². The van der Waals surface area contributed by atoms with Gasteiger partial charge in [-0.25, -0.2) is 19.8 Å². The summed E-state index contributed by atoms with van der Waals surface area (Å²) in [7, 11) is 1.06. The maximum absolute atomic E-state index is 13.0. The van der Waals surface area contributed by atoms with Crippen molar-refractivity contribution in [2.24, 2.45) is 16.5 Å². The third-order valence-electron chi connectivity index (χ3n) is 7.23. The van der Waals surface area contributed by atoms with Gasteiger partial charge in [-0.15, -0.1) is 0 Å². The van der Waals surface area contributed by atoms with Crippen LogP contribution in [0.4, 0.5) is 9.59 Å². The van der Waals surface area contributed by atoms with Crippen LogP contribution in [0.2, 0.25) is 0 Å². The number of nitrogens with zero attached hydrogens (tertiary/aromatic N) is 2. The molecule has 0 saturated carbocycles. The number of guanidine groups is 1. The Bertz CT molecular complexity index is 1420. The third kappa shape index (κ3) is 15.7. The van der Waals surface area contributed by atoms with Gasteiger partial charge in [0.05, 0.1) is 20.2 Å². The third-order valence-corrected chi connectivity index (χ3v) is 7.23. The number of methoxy groups -OCH3 is 1. The topological polar surface area (TPSA) is 315 Å². The van der Waals surface area contributed by atoms with Crippen molar-refractivity contribution >= 4 is 53.7 Å². The molecule has 3 atom stereocenters. The molecule has 21 heteroatoms. The summed E-state index contributed by atoms with van der Waals surface area (Å²) in [5.41, 5.74) is 15.6. The fourth-order valence-corrected chi connectivity index (χ4v) is 4.72. The van der Waals surface area contributed by atoms with Gasteiger partial charge in [-0.2, -0.15) is 0 Å². The fraction of sp³-hybridized carbons (Fsp3) is 0.500. The molecule has 0 spiro atoms. The molecule has 21 nitrogen and oxygen atoms in total. The molecule has 2 rings (SSSR count). The Hall–Kier alpha value is -6.15. The van der Waals surface area contributed by atoms with Gasteiger partial charge in [-0.3, -0.25) is 34.4 Å². The highest BCUT2D eigenvalue weighted by atomic mass is 16.5. The van der Waals surface area contributed by atoms with E-state index in [1.807, 2.05) is 6.07 Å². The average Bonchev–Trinajstić information content (AvgIpc) is 3.61. The van der Waals surface area contributed by atoms with Crippen molar-refractivity contribution < 1.29 is 52.9 Å². The van der Waals surface area contributed by atoms with Gasteiger partial charge in [0.1, 0.15) is 24.7 Å². The number of amides is 7. The van der Waals surface area contributed by atoms with Crippen LogP contribution in [0, 0.1) is 0 Å². The highest BCUT2D eigenvalue weighted by Crippen LogP contribution is 2.17. The lowest BCUT2D eigenvalue weighted by Crippen LogP contribution is -2.56. The summed E-state index contributed by atoms with van der Waals surface area (Å²) in [6.07, 6.45) is -0.389. The molecule has 1 heterocycles. The molecule has 0 unspecified atom stereocenters. The average molecular weight is 721 g/mol. The van der Waals surface area contributed by atoms with E-state index < -0.39 is 85.3 Å². The Labute approximate surface area is 292 Å². The molecular weight excluding hydrogens is 676 g/mol. The second kappa shape index (κ2) is 21.7. The summed E-state index contributed by atoms with van der Waals surface area (Å²) < 4.78 is 9.74. The zero-order valence-electron chi connectivity index (χ0n) is 28.0. The highest BCUT2D eigenvalue weighted by Gasteiger charge is 2.34. The van der Waals surface area contributed by atoms with Crippen molar-refractivity contribution in [3.05, 3.63) is 35.9 Å². The molecule has 7 amide bonds. The zero-order chi connectivity index (χ0) is 37.8. The van der Waals surface area contributed by atoms with Crippen LogP contribution in [0.1, 0.15) is 44.1 Å². The van der Waals surface area contributed by atoms with Gasteiger partial charge >= 0.3 is 24.1 Å². The predicted molar refractivity (Wildman–Crippen MR) is 177 cm³/mol. The van der Waals surface area contributed by atoms with Crippen molar-refractivity contribution in [3.63, 3.8) is 0 Å². The Morgan fingerprint density at radius 2 is 1.69 bits per heavy atom. The number of nitrogens with one attached hydrogen (secondary N) is 6. The Morgan fingerprint density at radius 3 is 2.35 bits per heavy atom. The van der Waals surface area contributed by atoms with E-state index in [4.69, 9.17) is 21.3 Å². The first kappa shape index (κ1) is 41.0. The number of rotatable bonds is 18. The first-order chi connectivity index (χ1) is 24.3. The molecule has 280 valence electrons. The molecule has 1 aromatic carbocycles. The highest BCUT2D eigenvalue weighted by molar-refractivity contribution is 5.93. The van der Waals surface area contributed by atoms with E-state index >= 15 is 0 Å². The number of carbonyl (C=O) groups excluding carboxylic acids is 7. The fourth-order valence-electron chi connectivity index (χ4n) is 4.72. The number of nitrogens with two attached hydrogens (primary N) is 2. The number of hydrogen-bond donors (Lipinski definition) is 9. The SMILES string of the molecule is COC(=O)[C@H](CCC(=O)O)NC(=O)CNC(=O)NNC(=O)[C@@H]1CCCN1C(=O)CNC(=O)[C@H](CCCN=C(N)N)NC(=O)OCc1ccccc1. The number of alkyl carbamates (subject to hydrolysis) is 1. The molecule has 51 heavy (non-hydrogen) atoms. The monoisotopic (exact) mass is 720 g/mol. The number of carboxylic acids is 1. The lowest BCUT2D eigenvalue weighted by Gasteiger charge is -2.25. The molecule has 1 fully saturated rings. The van der Waals surface area contributed by atoms with Crippen molar-refractivity contribution in [1.82, 2.24) is 37.0 Å². The van der Waals surface area contributed by atoms with Gasteiger partial charge in [0.2, 0.25) is 17.7 Å². The maximum atomic E-state index is 13.0. The number of aliphatic imine (C=N–C) groups is 1. The van der Waals surface area contributed by atoms with Crippen LogP contribution in [0.25, 0.3) is 0 Å². The zero-order valence-corrected chi connectivity index (χ0v) is 28.0. The van der Waals surface area contributed by atoms with E-state index in [2.05, 4.69) is 41.8 Å². The van der Waals surface area contributed by atoms with Crippen molar-refractivity contribution in [1.29, 1.82) is 0 Å². The van der Waals surface area contributed by atoms with E-state index in [0.717, 1.165) is 12.7 Å². The molecule has 1 aliphatic heterocycles. The number of ether oxygens (including phenoxy) is 2. The summed E-state index contributed by atoms with van der Waals surface area (Å²) in [5, 5.41) is 18.2. The largest absolute Gasteiger partial charge is 0.481 e. The van der Waals surface area contributed by atoms with Gasteiger partial charge in [-0.1, -0.05) is 30.3 Å². The molecule has 1 saturated heterocycles. The number of esters is 1. The smallest absolute Gasteiger partial charge is 0.408 e. The minimum absolute atomic E-state index is 0.0363. The van der Waals surface area contributed by atoms with Crippen LogP contribution in [-0.4, -0.2) is 115 Å². The summed E-state index contributed by atoms with van der Waals surface area (Å²) in [4.78, 5) is 103. The Kier molecular flexibility index (Phi) is 17.5. The second-order valence-electron chi connectivity index (χ2n) is 11.0. The van der Waals surface area contributed by atoms with Crippen molar-refractivity contribution in [3.8, 4) is 0 Å². The van der Waals surface area contributed by atoms with E-state index in [9.17, 15) is 38.4 Å². The Balaban J connectivity index is 1.85. The van der Waals surface area contributed by atoms with E-state index in [0.29, 0.717) is 12.8 Å². The normalized spacial score (nSPS) is 14.5. The maximum Gasteiger partial charge on any atom is 0.408 e. The van der Waals surface area contributed by atoms with Gasteiger partial charge < -0.3 is 52.2 Å². The van der Waals surface area contributed by atoms with Gasteiger partial charge in [0.25, 0.3) is 5.91 Å². The predicted octanol–water partition coefficient (Wildman–Crippen LogP) is -2.70. The summed E-state index contributed by atoms with van der Waals surface area (Å²) in [5.74, 6) is -5.06. The molecule has 0 aromatic heterocycles. The van der Waals surface area contributed by atoms with Crippen molar-refractivity contribution in [2.75, 3.05) is 33.3 Å². The molecule has 11 N–H and O–H groups in total. The number of carbonyl (C=O) groups is 8. The van der Waals surface area contributed by atoms with Crippen LogP contribution in [-0.2, 0) is 44.8 Å². The Morgan fingerprint density at radius 1 is 0.961 bits per heavy atom. The molecule has 1 aromatic rings. The van der Waals surface area contributed by atoms with Crippen LogP contribution in [0.15, 0.2) is 35.3 Å². The number of urea groups is 1. The van der Waals surface area contributed by atoms with Gasteiger partial charge in [-0.05, 0) is 37.7 Å². The molecule has 0 aliphatic carbocycles. The van der Waals surface area contributed by atoms with Crippen LogP contribution >= 0.6 is 0 Å². The van der Waals surface area contributed by atoms with Crippen LogP contribution < -0.4 is 43.6 Å². The number of likely N-dealkylation sites (tertiary alicyclic amines) is 1. The number of benzene rings is 1. The lowest BCUT2D eigenvalue weighted by molar-refractivity contribution is -0.145. The lowest BCUT2D eigenvalue weighted by atomic mass is 10.1. The second-order valence-corrected chi connectivity index (χ2v) is 11.0. The summed E-state index contributed by atoms with van der Waals surface area (Å²) in [6.45, 7) is -0.805. The van der Waals surface area contributed by atoms with E-state index in [-0.39, 0.29) is 44.9 Å². The van der Waals surface area contributed by atoms with Gasteiger partial charge in [0.15, 0.2) is 5.96 Å². The number of aliphatic carboxylic acids is 1. The first-order valence-electron chi connectivity index (χ1n) is 15.8. The molecular formula is C30H44N10O11. The molecule has 0 radical (unpaired) electrons. The standard InChI is InChI=1S/C30H44N10O11/c1-50-27(47)20(11-12-24(43)44)36-22(41)15-35-29(48)39-38-26(46)21-10-6-14-40(21)23(42)16-34-25(45)19(9-5-13-33-28(31)32)37-30(49)51-17-18-7-3-2-4-8-18/h2-4,7-8,19-21H,5-6,9-17H2,1H3,(H,34,45)(H,36,41)(H,37,49)(H,38,46)(H,43,44)(H4,31,32,33)(H2,35,39,48)/t19-,20-,21-/m0/s1. The quantitative estimate of drug-likeness (QED) is 0.0245. The summed E-state index contributed by atoms with van der Waals surface area (Å²) in [6, 6.07) is 4.54. The molecule has 0 bridgehead atoms. The van der Waals surface area contributed by atoms with Crippen molar-refractivity contribution in [2.45, 2.75) is 63.3 Å².